The van der Waals surface area contributed by atoms with E-state index < -0.39 is 0 Å². The van der Waals surface area contributed by atoms with Crippen LogP contribution in [0.4, 0.5) is 0 Å². The third kappa shape index (κ3) is 2.42. The molecule has 0 spiro atoms. The van der Waals surface area contributed by atoms with E-state index in [4.69, 9.17) is 0 Å². The maximum absolute atomic E-state index is 12.1. The van der Waals surface area contributed by atoms with Crippen molar-refractivity contribution in [3.05, 3.63) is 54.2 Å². The van der Waals surface area contributed by atoms with E-state index in [1.54, 1.807) is 12.4 Å². The van der Waals surface area contributed by atoms with E-state index in [0.717, 1.165) is 22.3 Å². The fraction of sp³-hybridized carbons (Fsp3) is 0.200. The second-order valence-electron chi connectivity index (χ2n) is 4.80. The van der Waals surface area contributed by atoms with Crippen molar-refractivity contribution in [1.29, 1.82) is 0 Å². The molecule has 3 aromatic rings. The first-order valence-corrected chi connectivity index (χ1v) is 6.57. The number of nitrogens with zero attached hydrogens (tertiary/aromatic N) is 1. The van der Waals surface area contributed by atoms with Gasteiger partial charge in [-0.05, 0) is 18.6 Å². The van der Waals surface area contributed by atoms with Crippen LogP contribution in [0.2, 0.25) is 0 Å². The molecule has 2 aromatic heterocycles. The topological polar surface area (TPSA) is 73.6 Å². The van der Waals surface area contributed by atoms with Crippen molar-refractivity contribution in [3.63, 3.8) is 0 Å². The summed E-state index contributed by atoms with van der Waals surface area (Å²) in [6.07, 6.45) is 5.67. The Bertz CT molecular complexity index is 714. The van der Waals surface area contributed by atoms with Crippen LogP contribution in [0.15, 0.2) is 42.9 Å². The highest BCUT2D eigenvalue weighted by Crippen LogP contribution is 2.18. The summed E-state index contributed by atoms with van der Waals surface area (Å²) in [5, 5.41) is 4.03. The van der Waals surface area contributed by atoms with Gasteiger partial charge in [0, 0.05) is 29.5 Å². The summed E-state index contributed by atoms with van der Waals surface area (Å²) in [5.41, 5.74) is 2.05. The second-order valence-corrected chi connectivity index (χ2v) is 4.80. The number of carbonyl (C=O) groups excluding carboxylic acids is 1. The number of benzene rings is 1. The lowest BCUT2D eigenvalue weighted by molar-refractivity contribution is -0.121. The molecular formula is C15H16N4O. The Kier molecular flexibility index (Phi) is 3.25. The second kappa shape index (κ2) is 5.21. The first-order valence-electron chi connectivity index (χ1n) is 6.57. The number of rotatable bonds is 4. The average molecular weight is 268 g/mol. The quantitative estimate of drug-likeness (QED) is 0.679. The van der Waals surface area contributed by atoms with E-state index in [1.165, 1.54) is 0 Å². The summed E-state index contributed by atoms with van der Waals surface area (Å²) in [4.78, 5) is 22.4. The van der Waals surface area contributed by atoms with Gasteiger partial charge in [0.2, 0.25) is 5.91 Å². The van der Waals surface area contributed by atoms with Gasteiger partial charge in [-0.25, -0.2) is 4.98 Å². The number of H-pyrrole nitrogens is 2. The van der Waals surface area contributed by atoms with Gasteiger partial charge in [0.1, 0.15) is 5.82 Å². The molecule has 0 aliphatic carbocycles. The average Bonchev–Trinajstić information content (AvgIpc) is 3.09. The molecule has 1 atom stereocenters. The van der Waals surface area contributed by atoms with Gasteiger partial charge in [-0.15, -0.1) is 0 Å². The lowest BCUT2D eigenvalue weighted by Gasteiger charge is -2.11. The van der Waals surface area contributed by atoms with E-state index in [0.29, 0.717) is 6.42 Å². The molecular weight excluding hydrogens is 252 g/mol. The molecule has 5 nitrogen and oxygen atoms in total. The van der Waals surface area contributed by atoms with Crippen LogP contribution in [0.25, 0.3) is 10.9 Å². The first-order chi connectivity index (χ1) is 9.74. The van der Waals surface area contributed by atoms with Crippen LogP contribution in [0, 0.1) is 0 Å². The Labute approximate surface area is 116 Å². The van der Waals surface area contributed by atoms with Crippen molar-refractivity contribution in [2.75, 3.05) is 0 Å². The van der Waals surface area contributed by atoms with Gasteiger partial charge >= 0.3 is 0 Å². The molecule has 1 amide bonds. The number of fused-ring (bicyclic) bond motifs is 1. The summed E-state index contributed by atoms with van der Waals surface area (Å²) in [6, 6.07) is 7.85. The largest absolute Gasteiger partial charge is 0.361 e. The summed E-state index contributed by atoms with van der Waals surface area (Å²) < 4.78 is 0. The Hall–Kier alpha value is -2.56. The molecule has 0 saturated carbocycles. The van der Waals surface area contributed by atoms with Crippen molar-refractivity contribution >= 4 is 16.8 Å². The molecule has 20 heavy (non-hydrogen) atoms. The predicted molar refractivity (Wildman–Crippen MR) is 77.1 cm³/mol. The molecule has 2 heterocycles. The summed E-state index contributed by atoms with van der Waals surface area (Å²) in [6.45, 7) is 1.91. The molecule has 0 saturated heterocycles. The maximum Gasteiger partial charge on any atom is 0.225 e. The van der Waals surface area contributed by atoms with Crippen molar-refractivity contribution in [1.82, 2.24) is 20.3 Å². The van der Waals surface area contributed by atoms with Gasteiger partial charge in [0.05, 0.1) is 12.5 Å². The van der Waals surface area contributed by atoms with Crippen LogP contribution in [-0.4, -0.2) is 20.9 Å². The van der Waals surface area contributed by atoms with Crippen molar-refractivity contribution in [3.8, 4) is 0 Å². The third-order valence-electron chi connectivity index (χ3n) is 3.33. The number of carbonyl (C=O) groups is 1. The van der Waals surface area contributed by atoms with Gasteiger partial charge < -0.3 is 15.3 Å². The maximum atomic E-state index is 12.1. The number of aromatic nitrogens is 3. The van der Waals surface area contributed by atoms with E-state index in [-0.39, 0.29) is 11.9 Å². The van der Waals surface area contributed by atoms with Gasteiger partial charge in [0.15, 0.2) is 0 Å². The van der Waals surface area contributed by atoms with Gasteiger partial charge in [-0.3, -0.25) is 4.79 Å². The zero-order valence-corrected chi connectivity index (χ0v) is 11.2. The molecule has 0 bridgehead atoms. The Balaban J connectivity index is 1.70. The molecule has 3 rings (SSSR count). The molecule has 5 heteroatoms. The van der Waals surface area contributed by atoms with Gasteiger partial charge in [-0.1, -0.05) is 18.2 Å². The standard InChI is InChI=1S/C15H16N4O/c1-10(15-16-6-7-17-15)19-14(20)8-11-9-18-13-5-3-2-4-12(11)13/h2-7,9-10,18H,8H2,1H3,(H,16,17)(H,19,20). The van der Waals surface area contributed by atoms with Crippen molar-refractivity contribution in [2.45, 2.75) is 19.4 Å². The number of nitrogens with one attached hydrogen (secondary N) is 3. The molecule has 102 valence electrons. The van der Waals surface area contributed by atoms with Crippen LogP contribution >= 0.6 is 0 Å². The highest BCUT2D eigenvalue weighted by molar-refractivity contribution is 5.88. The number of hydrogen-bond acceptors (Lipinski definition) is 2. The lowest BCUT2D eigenvalue weighted by Crippen LogP contribution is -2.28. The molecule has 0 radical (unpaired) electrons. The Morgan fingerprint density at radius 2 is 2.20 bits per heavy atom. The predicted octanol–water partition coefficient (Wildman–Crippen LogP) is 2.31. The molecule has 3 N–H and O–H groups in total. The fourth-order valence-corrected chi connectivity index (χ4v) is 2.33. The van der Waals surface area contributed by atoms with Crippen LogP contribution in [0.5, 0.6) is 0 Å². The Morgan fingerprint density at radius 3 is 3.00 bits per heavy atom. The van der Waals surface area contributed by atoms with E-state index in [1.807, 2.05) is 37.4 Å². The smallest absolute Gasteiger partial charge is 0.225 e. The van der Waals surface area contributed by atoms with Crippen LogP contribution in [0.3, 0.4) is 0 Å². The SMILES string of the molecule is CC(NC(=O)Cc1c[nH]c2ccccc12)c1ncc[nH]1. The van der Waals surface area contributed by atoms with Crippen LogP contribution in [0.1, 0.15) is 24.4 Å². The monoisotopic (exact) mass is 268 g/mol. The number of amides is 1. The van der Waals surface area contributed by atoms with E-state index in [2.05, 4.69) is 20.3 Å². The first kappa shape index (κ1) is 12.5. The normalized spacial score (nSPS) is 12.4. The van der Waals surface area contributed by atoms with E-state index >= 15 is 0 Å². The molecule has 0 aliphatic rings. The zero-order valence-electron chi connectivity index (χ0n) is 11.2. The Morgan fingerprint density at radius 1 is 1.35 bits per heavy atom. The number of para-hydroxylation sites is 1. The van der Waals surface area contributed by atoms with E-state index in [9.17, 15) is 4.79 Å². The highest BCUT2D eigenvalue weighted by Gasteiger charge is 2.13. The summed E-state index contributed by atoms with van der Waals surface area (Å²) in [7, 11) is 0. The van der Waals surface area contributed by atoms with Crippen LogP contribution in [-0.2, 0) is 11.2 Å². The summed E-state index contributed by atoms with van der Waals surface area (Å²) >= 11 is 0. The molecule has 0 fully saturated rings. The minimum absolute atomic E-state index is 0.0151. The summed E-state index contributed by atoms with van der Waals surface area (Å²) in [5.74, 6) is 0.746. The zero-order chi connectivity index (χ0) is 13.9. The van der Waals surface area contributed by atoms with Crippen LogP contribution < -0.4 is 5.32 Å². The van der Waals surface area contributed by atoms with Gasteiger partial charge in [0.25, 0.3) is 0 Å². The molecule has 1 unspecified atom stereocenters. The number of hydrogen-bond donors (Lipinski definition) is 3. The number of imidazole rings is 1. The van der Waals surface area contributed by atoms with Crippen molar-refractivity contribution in [2.24, 2.45) is 0 Å². The number of aromatic amines is 2. The molecule has 1 aromatic carbocycles. The third-order valence-corrected chi connectivity index (χ3v) is 3.33. The highest BCUT2D eigenvalue weighted by atomic mass is 16.1. The minimum atomic E-state index is -0.122. The van der Waals surface area contributed by atoms with Gasteiger partial charge in [-0.2, -0.15) is 0 Å². The fourth-order valence-electron chi connectivity index (χ4n) is 2.33. The lowest BCUT2D eigenvalue weighted by atomic mass is 10.1. The minimum Gasteiger partial charge on any atom is -0.361 e. The van der Waals surface area contributed by atoms with Crippen molar-refractivity contribution < 1.29 is 4.79 Å². The molecule has 0 aliphatic heterocycles.